The molecule has 2 N–H and O–H groups in total. The molecule has 6 nitrogen and oxygen atoms in total. The maximum Gasteiger partial charge on any atom is 0.404 e. The predicted molar refractivity (Wildman–Crippen MR) is 52.3 cm³/mol. The van der Waals surface area contributed by atoms with Gasteiger partial charge in [0, 0.05) is 18.6 Å². The van der Waals surface area contributed by atoms with Crippen LogP contribution in [0.3, 0.4) is 0 Å². The second kappa shape index (κ2) is 5.06. The van der Waals surface area contributed by atoms with Gasteiger partial charge in [-0.15, -0.1) is 0 Å². The first-order valence-electron chi connectivity index (χ1n) is 4.35. The third kappa shape index (κ3) is 3.19. The highest BCUT2D eigenvalue weighted by molar-refractivity contribution is 5.64. The molecule has 0 atom stereocenters. The number of halogens is 1. The van der Waals surface area contributed by atoms with Gasteiger partial charge in [0.25, 0.3) is 5.69 Å². The maximum atomic E-state index is 13.2. The standard InChI is InChI=1S/C9H9FN2O4/c10-8-2-1-7(12(14)15)5-6(8)3-4-16-9(11)13/h1-2,5H,3-4H2,(H2,11,13). The molecule has 0 fully saturated rings. The van der Waals surface area contributed by atoms with Gasteiger partial charge in [-0.05, 0) is 11.6 Å². The van der Waals surface area contributed by atoms with Crippen molar-refractivity contribution in [3.05, 3.63) is 39.7 Å². The molecule has 86 valence electrons. The van der Waals surface area contributed by atoms with Crippen LogP contribution in [-0.4, -0.2) is 17.6 Å². The van der Waals surface area contributed by atoms with E-state index in [-0.39, 0.29) is 24.3 Å². The van der Waals surface area contributed by atoms with E-state index in [0.29, 0.717) is 0 Å². The topological polar surface area (TPSA) is 95.5 Å². The summed E-state index contributed by atoms with van der Waals surface area (Å²) in [5, 5.41) is 10.4. The lowest BCUT2D eigenvalue weighted by Gasteiger charge is -2.03. The van der Waals surface area contributed by atoms with E-state index in [1.54, 1.807) is 0 Å². The Morgan fingerprint density at radius 2 is 2.25 bits per heavy atom. The van der Waals surface area contributed by atoms with Crippen LogP contribution >= 0.6 is 0 Å². The van der Waals surface area contributed by atoms with Crippen molar-refractivity contribution in [2.45, 2.75) is 6.42 Å². The second-order valence-electron chi connectivity index (χ2n) is 2.95. The number of nitrogens with zero attached hydrogens (tertiary/aromatic N) is 1. The molecule has 1 aromatic carbocycles. The van der Waals surface area contributed by atoms with Crippen molar-refractivity contribution in [3.8, 4) is 0 Å². The molecular formula is C9H9FN2O4. The van der Waals surface area contributed by atoms with E-state index >= 15 is 0 Å². The van der Waals surface area contributed by atoms with Crippen LogP contribution in [-0.2, 0) is 11.2 Å². The van der Waals surface area contributed by atoms with Crippen LogP contribution in [0.2, 0.25) is 0 Å². The Hall–Kier alpha value is -2.18. The Kier molecular flexibility index (Phi) is 3.76. The van der Waals surface area contributed by atoms with Crippen molar-refractivity contribution in [2.75, 3.05) is 6.61 Å². The molecule has 0 saturated carbocycles. The Morgan fingerprint density at radius 3 is 2.81 bits per heavy atom. The van der Waals surface area contributed by atoms with E-state index in [4.69, 9.17) is 5.73 Å². The quantitative estimate of drug-likeness (QED) is 0.621. The zero-order chi connectivity index (χ0) is 12.1. The smallest absolute Gasteiger partial charge is 0.404 e. The summed E-state index contributed by atoms with van der Waals surface area (Å²) in [5.74, 6) is -0.585. The molecule has 0 aliphatic rings. The van der Waals surface area contributed by atoms with Crippen molar-refractivity contribution in [2.24, 2.45) is 5.73 Å². The summed E-state index contributed by atoms with van der Waals surface area (Å²) in [6.45, 7) is -0.118. The number of hydrogen-bond donors (Lipinski definition) is 1. The van der Waals surface area contributed by atoms with Gasteiger partial charge in [0.2, 0.25) is 0 Å². The van der Waals surface area contributed by atoms with Gasteiger partial charge < -0.3 is 10.5 Å². The molecule has 0 aliphatic carbocycles. The van der Waals surface area contributed by atoms with Gasteiger partial charge in [-0.2, -0.15) is 0 Å². The van der Waals surface area contributed by atoms with Crippen molar-refractivity contribution in [3.63, 3.8) is 0 Å². The SMILES string of the molecule is NC(=O)OCCc1cc([N+](=O)[O-])ccc1F. The van der Waals surface area contributed by atoms with Crippen LogP contribution in [0.5, 0.6) is 0 Å². The molecule has 0 aromatic heterocycles. The first-order valence-corrected chi connectivity index (χ1v) is 4.35. The molecule has 0 spiro atoms. The lowest BCUT2D eigenvalue weighted by Crippen LogP contribution is -2.15. The van der Waals surface area contributed by atoms with E-state index < -0.39 is 16.8 Å². The third-order valence-electron chi connectivity index (χ3n) is 1.86. The fraction of sp³-hybridized carbons (Fsp3) is 0.222. The molecule has 16 heavy (non-hydrogen) atoms. The van der Waals surface area contributed by atoms with E-state index in [1.165, 1.54) is 0 Å². The van der Waals surface area contributed by atoms with Crippen LogP contribution < -0.4 is 5.73 Å². The van der Waals surface area contributed by atoms with Gasteiger partial charge in [-0.3, -0.25) is 10.1 Å². The Labute approximate surface area is 90.0 Å². The van der Waals surface area contributed by atoms with E-state index in [2.05, 4.69) is 4.74 Å². The van der Waals surface area contributed by atoms with Crippen LogP contribution in [0, 0.1) is 15.9 Å². The Balaban J connectivity index is 2.74. The van der Waals surface area contributed by atoms with E-state index in [1.807, 2.05) is 0 Å². The minimum Gasteiger partial charge on any atom is -0.449 e. The number of rotatable bonds is 4. The lowest BCUT2D eigenvalue weighted by molar-refractivity contribution is -0.385. The van der Waals surface area contributed by atoms with Crippen LogP contribution in [0.1, 0.15) is 5.56 Å². The second-order valence-corrected chi connectivity index (χ2v) is 2.95. The maximum absolute atomic E-state index is 13.2. The van der Waals surface area contributed by atoms with Gasteiger partial charge in [0.15, 0.2) is 0 Å². The molecule has 0 heterocycles. The number of primary amides is 1. The van der Waals surface area contributed by atoms with Crippen molar-refractivity contribution < 1.29 is 18.8 Å². The number of nitro benzene ring substituents is 1. The molecule has 7 heteroatoms. The average molecular weight is 228 g/mol. The lowest BCUT2D eigenvalue weighted by atomic mass is 10.1. The minimum absolute atomic E-state index is 0.0381. The molecule has 1 rings (SSSR count). The summed E-state index contributed by atoms with van der Waals surface area (Å²) in [6, 6.07) is 3.16. The molecule has 0 saturated heterocycles. The normalized spacial score (nSPS) is 9.81. The average Bonchev–Trinajstić information content (AvgIpc) is 2.20. The molecule has 1 aromatic rings. The number of carbonyl (C=O) groups excluding carboxylic acids is 1. The summed E-state index contributed by atoms with van der Waals surface area (Å²) in [6.07, 6.45) is -0.929. The molecular weight excluding hydrogens is 219 g/mol. The Morgan fingerprint density at radius 1 is 1.56 bits per heavy atom. The number of ether oxygens (including phenoxy) is 1. The van der Waals surface area contributed by atoms with E-state index in [0.717, 1.165) is 18.2 Å². The summed E-state index contributed by atoms with van der Waals surface area (Å²) < 4.78 is 17.6. The van der Waals surface area contributed by atoms with Gasteiger partial charge in [-0.25, -0.2) is 9.18 Å². The third-order valence-corrected chi connectivity index (χ3v) is 1.86. The number of nitrogens with two attached hydrogens (primary N) is 1. The van der Waals surface area contributed by atoms with Crippen LogP contribution in [0.25, 0.3) is 0 Å². The highest BCUT2D eigenvalue weighted by Crippen LogP contribution is 2.17. The summed E-state index contributed by atoms with van der Waals surface area (Å²) >= 11 is 0. The number of carbonyl (C=O) groups is 1. The van der Waals surface area contributed by atoms with Gasteiger partial charge >= 0.3 is 6.09 Å². The summed E-state index contributed by atoms with van der Waals surface area (Å²) in [7, 11) is 0. The summed E-state index contributed by atoms with van der Waals surface area (Å²) in [4.78, 5) is 20.0. The van der Waals surface area contributed by atoms with Crippen LogP contribution in [0.15, 0.2) is 18.2 Å². The largest absolute Gasteiger partial charge is 0.449 e. The Bertz CT molecular complexity index is 422. The van der Waals surface area contributed by atoms with Crippen LogP contribution in [0.4, 0.5) is 14.9 Å². The monoisotopic (exact) mass is 228 g/mol. The molecule has 0 aliphatic heterocycles. The number of non-ortho nitro benzene ring substituents is 1. The molecule has 0 unspecified atom stereocenters. The minimum atomic E-state index is -0.967. The van der Waals surface area contributed by atoms with Crippen molar-refractivity contribution >= 4 is 11.8 Å². The van der Waals surface area contributed by atoms with Crippen molar-refractivity contribution in [1.82, 2.24) is 0 Å². The summed E-state index contributed by atoms with van der Waals surface area (Å²) in [5.41, 5.74) is 4.60. The van der Waals surface area contributed by atoms with Gasteiger partial charge in [0.05, 0.1) is 11.5 Å². The van der Waals surface area contributed by atoms with E-state index in [9.17, 15) is 19.3 Å². The van der Waals surface area contributed by atoms with Crippen molar-refractivity contribution in [1.29, 1.82) is 0 Å². The highest BCUT2D eigenvalue weighted by atomic mass is 19.1. The number of hydrogen-bond acceptors (Lipinski definition) is 4. The molecule has 0 radical (unpaired) electrons. The van der Waals surface area contributed by atoms with Gasteiger partial charge in [-0.1, -0.05) is 0 Å². The molecule has 0 bridgehead atoms. The molecule has 1 amide bonds. The fourth-order valence-electron chi connectivity index (χ4n) is 1.13. The first-order chi connectivity index (χ1) is 7.50. The zero-order valence-corrected chi connectivity index (χ0v) is 8.18. The van der Waals surface area contributed by atoms with Gasteiger partial charge in [0.1, 0.15) is 5.82 Å². The number of amides is 1. The fourth-order valence-corrected chi connectivity index (χ4v) is 1.13. The number of benzene rings is 1. The predicted octanol–water partition coefficient (Wildman–Crippen LogP) is 1.37. The zero-order valence-electron chi connectivity index (χ0n) is 8.18. The highest BCUT2D eigenvalue weighted by Gasteiger charge is 2.10. The first kappa shape index (κ1) is 11.9. The number of nitro groups is 1.